The standard InChI is InChI=1S/C17H30N4OS/c1-6-23-15-10-8-7-9-14(15)18-12(3)17(22)19-16-11(2)20-21(5)13(16)4/h12,14-15,18H,6-10H2,1-5H3,(H,19,22)/t12-,14+,15-/m1/s1. The Morgan fingerprint density at radius 3 is 2.70 bits per heavy atom. The van der Waals surface area contributed by atoms with Crippen molar-refractivity contribution in [1.29, 1.82) is 0 Å². The average Bonchev–Trinajstić information content (AvgIpc) is 2.75. The number of nitrogens with zero attached hydrogens (tertiary/aromatic N) is 2. The number of carbonyl (C=O) groups is 1. The average molecular weight is 339 g/mol. The first-order chi connectivity index (χ1) is 10.9. The summed E-state index contributed by atoms with van der Waals surface area (Å²) in [6.07, 6.45) is 4.99. The molecule has 3 atom stereocenters. The molecular formula is C17H30N4OS. The van der Waals surface area contributed by atoms with Crippen molar-refractivity contribution in [3.05, 3.63) is 11.4 Å². The van der Waals surface area contributed by atoms with Crippen LogP contribution in [0.4, 0.5) is 5.69 Å². The predicted molar refractivity (Wildman–Crippen MR) is 98.1 cm³/mol. The van der Waals surface area contributed by atoms with Crippen LogP contribution in [-0.4, -0.2) is 38.8 Å². The molecule has 1 amide bonds. The molecule has 1 aromatic rings. The highest BCUT2D eigenvalue weighted by Gasteiger charge is 2.28. The summed E-state index contributed by atoms with van der Waals surface area (Å²) in [6, 6.07) is 0.239. The van der Waals surface area contributed by atoms with Crippen molar-refractivity contribution in [2.24, 2.45) is 7.05 Å². The lowest BCUT2D eigenvalue weighted by Gasteiger charge is -2.33. The van der Waals surface area contributed by atoms with Gasteiger partial charge >= 0.3 is 0 Å². The molecule has 0 radical (unpaired) electrons. The first kappa shape index (κ1) is 18.3. The van der Waals surface area contributed by atoms with Crippen LogP contribution in [0.15, 0.2) is 0 Å². The van der Waals surface area contributed by atoms with Gasteiger partial charge in [-0.2, -0.15) is 16.9 Å². The molecule has 5 nitrogen and oxygen atoms in total. The maximum absolute atomic E-state index is 12.5. The molecular weight excluding hydrogens is 308 g/mol. The van der Waals surface area contributed by atoms with Crippen molar-refractivity contribution in [2.75, 3.05) is 11.1 Å². The number of hydrogen-bond acceptors (Lipinski definition) is 4. The fraction of sp³-hybridized carbons (Fsp3) is 0.765. The fourth-order valence-corrected chi connectivity index (χ4v) is 4.49. The van der Waals surface area contributed by atoms with E-state index in [1.54, 1.807) is 4.68 Å². The largest absolute Gasteiger partial charge is 0.322 e. The number of carbonyl (C=O) groups excluding carboxylic acids is 1. The minimum atomic E-state index is -0.197. The van der Waals surface area contributed by atoms with Gasteiger partial charge in [0.05, 0.1) is 23.1 Å². The Morgan fingerprint density at radius 2 is 2.09 bits per heavy atom. The number of hydrogen-bond donors (Lipinski definition) is 2. The molecule has 2 rings (SSSR count). The zero-order valence-electron chi connectivity index (χ0n) is 15.0. The van der Waals surface area contributed by atoms with E-state index in [0.29, 0.717) is 11.3 Å². The molecule has 1 saturated carbocycles. The summed E-state index contributed by atoms with van der Waals surface area (Å²) in [5.74, 6) is 1.16. The van der Waals surface area contributed by atoms with Crippen LogP contribution in [0.1, 0.15) is 50.9 Å². The normalized spacial score (nSPS) is 22.8. The second-order valence-electron chi connectivity index (χ2n) is 6.43. The van der Waals surface area contributed by atoms with Crippen LogP contribution in [0.5, 0.6) is 0 Å². The van der Waals surface area contributed by atoms with Crippen molar-refractivity contribution in [3.63, 3.8) is 0 Å². The lowest BCUT2D eigenvalue weighted by molar-refractivity contribution is -0.118. The molecule has 130 valence electrons. The molecule has 0 aliphatic heterocycles. The van der Waals surface area contributed by atoms with E-state index in [-0.39, 0.29) is 11.9 Å². The molecule has 23 heavy (non-hydrogen) atoms. The summed E-state index contributed by atoms with van der Waals surface area (Å²) in [7, 11) is 1.90. The van der Waals surface area contributed by atoms with Crippen LogP contribution in [0.3, 0.4) is 0 Å². The smallest absolute Gasteiger partial charge is 0.241 e. The highest BCUT2D eigenvalue weighted by atomic mass is 32.2. The van der Waals surface area contributed by atoms with Gasteiger partial charge in [0, 0.05) is 18.3 Å². The van der Waals surface area contributed by atoms with E-state index in [0.717, 1.165) is 22.8 Å². The van der Waals surface area contributed by atoms with Crippen LogP contribution in [0.25, 0.3) is 0 Å². The van der Waals surface area contributed by atoms with E-state index >= 15 is 0 Å². The molecule has 0 saturated heterocycles. The third kappa shape index (κ3) is 4.51. The molecule has 1 heterocycles. The predicted octanol–water partition coefficient (Wildman–Crippen LogP) is 3.02. The van der Waals surface area contributed by atoms with Crippen molar-refractivity contribution in [3.8, 4) is 0 Å². The van der Waals surface area contributed by atoms with Crippen LogP contribution in [0, 0.1) is 13.8 Å². The van der Waals surface area contributed by atoms with Gasteiger partial charge in [-0.3, -0.25) is 9.48 Å². The maximum atomic E-state index is 12.5. The van der Waals surface area contributed by atoms with Gasteiger partial charge in [0.1, 0.15) is 0 Å². The molecule has 1 fully saturated rings. The molecule has 2 N–H and O–H groups in total. The molecule has 0 aromatic carbocycles. The van der Waals surface area contributed by atoms with Gasteiger partial charge in [0.15, 0.2) is 0 Å². The molecule has 0 bridgehead atoms. The summed E-state index contributed by atoms with van der Waals surface area (Å²) in [5.41, 5.74) is 2.69. The summed E-state index contributed by atoms with van der Waals surface area (Å²) >= 11 is 2.02. The van der Waals surface area contributed by atoms with Gasteiger partial charge in [0.25, 0.3) is 0 Å². The molecule has 6 heteroatoms. The Kier molecular flexibility index (Phi) is 6.53. The third-order valence-corrected chi connectivity index (χ3v) is 6.02. The molecule has 1 aliphatic rings. The Balaban J connectivity index is 1.96. The molecule has 1 aliphatic carbocycles. The highest BCUT2D eigenvalue weighted by molar-refractivity contribution is 7.99. The van der Waals surface area contributed by atoms with Crippen LogP contribution in [-0.2, 0) is 11.8 Å². The first-order valence-electron chi connectivity index (χ1n) is 8.62. The van der Waals surface area contributed by atoms with Gasteiger partial charge in [0.2, 0.25) is 5.91 Å². The number of anilines is 1. The van der Waals surface area contributed by atoms with Gasteiger partial charge < -0.3 is 10.6 Å². The Labute approximate surface area is 144 Å². The Hall–Kier alpha value is -1.01. The van der Waals surface area contributed by atoms with Crippen molar-refractivity contribution >= 4 is 23.4 Å². The van der Waals surface area contributed by atoms with Crippen molar-refractivity contribution in [1.82, 2.24) is 15.1 Å². The highest BCUT2D eigenvalue weighted by Crippen LogP contribution is 2.29. The third-order valence-electron chi connectivity index (χ3n) is 4.70. The zero-order chi connectivity index (χ0) is 17.0. The summed E-state index contributed by atoms with van der Waals surface area (Å²) in [6.45, 7) is 8.07. The van der Waals surface area contributed by atoms with E-state index in [4.69, 9.17) is 0 Å². The minimum Gasteiger partial charge on any atom is -0.322 e. The van der Waals surface area contributed by atoms with Crippen LogP contribution >= 0.6 is 11.8 Å². The van der Waals surface area contributed by atoms with E-state index in [1.807, 2.05) is 39.6 Å². The van der Waals surface area contributed by atoms with E-state index < -0.39 is 0 Å². The molecule has 0 unspecified atom stereocenters. The lowest BCUT2D eigenvalue weighted by Crippen LogP contribution is -2.49. The number of aromatic nitrogens is 2. The van der Waals surface area contributed by atoms with Gasteiger partial charge in [-0.05, 0) is 39.4 Å². The lowest BCUT2D eigenvalue weighted by atomic mass is 9.94. The number of thioether (sulfide) groups is 1. The molecule has 1 aromatic heterocycles. The van der Waals surface area contributed by atoms with Gasteiger partial charge in [-0.1, -0.05) is 19.8 Å². The number of aryl methyl sites for hydroxylation is 2. The summed E-state index contributed by atoms with van der Waals surface area (Å²) in [5, 5.41) is 11.6. The zero-order valence-corrected chi connectivity index (χ0v) is 15.8. The van der Waals surface area contributed by atoms with Crippen LogP contribution < -0.4 is 10.6 Å². The maximum Gasteiger partial charge on any atom is 0.241 e. The second-order valence-corrected chi connectivity index (χ2v) is 7.95. The van der Waals surface area contributed by atoms with Gasteiger partial charge in [-0.15, -0.1) is 0 Å². The summed E-state index contributed by atoms with van der Waals surface area (Å²) in [4.78, 5) is 12.5. The topological polar surface area (TPSA) is 59.0 Å². The first-order valence-corrected chi connectivity index (χ1v) is 9.67. The van der Waals surface area contributed by atoms with E-state index in [9.17, 15) is 4.79 Å². The van der Waals surface area contributed by atoms with Crippen molar-refractivity contribution < 1.29 is 4.79 Å². The summed E-state index contributed by atoms with van der Waals surface area (Å²) < 4.78 is 1.80. The monoisotopic (exact) mass is 338 g/mol. The Bertz CT molecular complexity index is 541. The van der Waals surface area contributed by atoms with Crippen LogP contribution in [0.2, 0.25) is 0 Å². The van der Waals surface area contributed by atoms with E-state index in [1.165, 1.54) is 25.7 Å². The van der Waals surface area contributed by atoms with Gasteiger partial charge in [-0.25, -0.2) is 0 Å². The SMILES string of the molecule is CCS[C@@H]1CCCC[C@@H]1N[C@H](C)C(=O)Nc1c(C)nn(C)c1C. The quantitative estimate of drug-likeness (QED) is 0.837. The Morgan fingerprint density at radius 1 is 1.39 bits per heavy atom. The molecule has 0 spiro atoms. The van der Waals surface area contributed by atoms with E-state index in [2.05, 4.69) is 22.7 Å². The second kappa shape index (κ2) is 8.20. The minimum absolute atomic E-state index is 0.0232. The number of rotatable bonds is 6. The van der Waals surface area contributed by atoms with Crippen molar-refractivity contribution in [2.45, 2.75) is 70.7 Å². The fourth-order valence-electron chi connectivity index (χ4n) is 3.28. The number of nitrogens with one attached hydrogen (secondary N) is 2. The number of amides is 1.